The number of alkyl halides is 6. The number of hydrogen-bond acceptors (Lipinski definition) is 4. The number of nitrogens with two attached hydrogens (primary N) is 2. The van der Waals surface area contributed by atoms with Crippen LogP contribution in [0, 0.1) is 0 Å². The summed E-state index contributed by atoms with van der Waals surface area (Å²) in [7, 11) is 0. The molecular weight excluding hydrogens is 908 g/mol. The van der Waals surface area contributed by atoms with Gasteiger partial charge in [0.1, 0.15) is 0 Å². The molecule has 2 unspecified atom stereocenters. The molecule has 2 aromatic heterocycles. The largest absolute Gasteiger partial charge is 0.422 e. The van der Waals surface area contributed by atoms with Crippen LogP contribution in [0.4, 0.5) is 37.7 Å². The van der Waals surface area contributed by atoms with Crippen LogP contribution in [-0.4, -0.2) is 31.9 Å². The van der Waals surface area contributed by atoms with Crippen LogP contribution in [0.5, 0.6) is 0 Å². The van der Waals surface area contributed by atoms with E-state index in [-0.39, 0.29) is 38.0 Å². The van der Waals surface area contributed by atoms with E-state index in [1.165, 1.54) is 84.9 Å². The van der Waals surface area contributed by atoms with Gasteiger partial charge in [-0.05, 0) is 103 Å². The van der Waals surface area contributed by atoms with Crippen molar-refractivity contribution in [2.24, 2.45) is 0 Å². The average molecular weight is 930 g/mol. The minimum absolute atomic E-state index is 0.0451. The van der Waals surface area contributed by atoms with Crippen molar-refractivity contribution >= 4 is 89.6 Å². The summed E-state index contributed by atoms with van der Waals surface area (Å²) in [5.74, 6) is 0. The second-order valence-electron chi connectivity index (χ2n) is 11.1. The maximum atomic E-state index is 14.7. The molecule has 0 aliphatic rings. The summed E-state index contributed by atoms with van der Waals surface area (Å²) < 4.78 is 89.8. The molecule has 6 aromatic rings. The SMILES string of the molecule is Nc1c(Br)cc(C(c2ccc(Cl)cc2)(n2cc(Cl)cn2)C(F)(F)F)cc1Br.Nc1ccc(C(c2ccc(Cl)cc2)(n2cc(Cl)cn2)C(F)(F)F)cc1. The summed E-state index contributed by atoms with van der Waals surface area (Å²) in [5, 5.41) is 8.55. The molecule has 52 heavy (non-hydrogen) atoms. The van der Waals surface area contributed by atoms with E-state index in [0.29, 0.717) is 24.7 Å². The maximum Gasteiger partial charge on any atom is 0.422 e. The van der Waals surface area contributed by atoms with Crippen molar-refractivity contribution in [2.75, 3.05) is 11.5 Å². The minimum Gasteiger partial charge on any atom is -0.399 e. The zero-order valence-electron chi connectivity index (χ0n) is 25.9. The lowest BCUT2D eigenvalue weighted by Crippen LogP contribution is -2.50. The first-order valence-electron chi connectivity index (χ1n) is 14.5. The van der Waals surface area contributed by atoms with Gasteiger partial charge in [-0.2, -0.15) is 36.5 Å². The lowest BCUT2D eigenvalue weighted by molar-refractivity contribution is -0.190. The predicted molar refractivity (Wildman–Crippen MR) is 199 cm³/mol. The summed E-state index contributed by atoms with van der Waals surface area (Å²) in [6.45, 7) is 0. The lowest BCUT2D eigenvalue weighted by Gasteiger charge is -2.37. The highest BCUT2D eigenvalue weighted by atomic mass is 79.9. The molecule has 2 heterocycles. The van der Waals surface area contributed by atoms with E-state index in [4.69, 9.17) is 57.9 Å². The van der Waals surface area contributed by atoms with Gasteiger partial charge in [0, 0.05) is 37.1 Å². The molecule has 0 spiro atoms. The van der Waals surface area contributed by atoms with Gasteiger partial charge in [-0.3, -0.25) is 0 Å². The molecule has 0 fully saturated rings. The molecule has 0 aliphatic heterocycles. The van der Waals surface area contributed by atoms with Crippen molar-refractivity contribution < 1.29 is 26.3 Å². The highest BCUT2D eigenvalue weighted by molar-refractivity contribution is 9.11. The van der Waals surface area contributed by atoms with Crippen LogP contribution in [0.15, 0.2) is 119 Å². The summed E-state index contributed by atoms with van der Waals surface area (Å²) in [6, 6.07) is 19.0. The van der Waals surface area contributed by atoms with E-state index in [2.05, 4.69) is 42.1 Å². The zero-order chi connectivity index (χ0) is 38.2. The summed E-state index contributed by atoms with van der Waals surface area (Å²) in [4.78, 5) is 0. The monoisotopic (exact) mass is 926 g/mol. The number of rotatable bonds is 6. The van der Waals surface area contributed by atoms with Gasteiger partial charge in [-0.25, -0.2) is 9.36 Å². The van der Waals surface area contributed by atoms with Crippen molar-refractivity contribution in [3.8, 4) is 0 Å². The van der Waals surface area contributed by atoms with Crippen molar-refractivity contribution in [3.63, 3.8) is 0 Å². The second-order valence-corrected chi connectivity index (χ2v) is 14.6. The Balaban J connectivity index is 0.000000202. The van der Waals surface area contributed by atoms with E-state index in [1.807, 2.05) is 0 Å². The third-order valence-electron chi connectivity index (χ3n) is 7.96. The number of hydrogen-bond donors (Lipinski definition) is 2. The van der Waals surface area contributed by atoms with Gasteiger partial charge >= 0.3 is 12.4 Å². The van der Waals surface area contributed by atoms with E-state index in [1.54, 1.807) is 0 Å². The molecule has 6 nitrogen and oxygen atoms in total. The quantitative estimate of drug-likeness (QED) is 0.129. The van der Waals surface area contributed by atoms with Crippen LogP contribution in [0.25, 0.3) is 0 Å². The topological polar surface area (TPSA) is 87.7 Å². The van der Waals surface area contributed by atoms with Gasteiger partial charge in [0.15, 0.2) is 0 Å². The molecule has 0 amide bonds. The number of benzene rings is 4. The number of aromatic nitrogens is 4. The van der Waals surface area contributed by atoms with Crippen molar-refractivity contribution in [3.05, 3.63) is 161 Å². The number of anilines is 2. The van der Waals surface area contributed by atoms with Gasteiger partial charge in [-0.15, -0.1) is 0 Å². The van der Waals surface area contributed by atoms with E-state index < -0.39 is 23.4 Å². The molecule has 4 aromatic carbocycles. The molecule has 6 rings (SSSR count). The van der Waals surface area contributed by atoms with Crippen LogP contribution in [0.3, 0.4) is 0 Å². The zero-order valence-corrected chi connectivity index (χ0v) is 32.1. The molecule has 272 valence electrons. The number of nitrogen functional groups attached to an aromatic ring is 2. The van der Waals surface area contributed by atoms with Gasteiger partial charge < -0.3 is 11.5 Å². The van der Waals surface area contributed by atoms with Crippen LogP contribution in [0.2, 0.25) is 20.1 Å². The van der Waals surface area contributed by atoms with Crippen LogP contribution in [-0.2, 0) is 11.1 Å². The van der Waals surface area contributed by atoms with Crippen LogP contribution in [0.1, 0.15) is 22.3 Å². The Morgan fingerprint density at radius 2 is 0.827 bits per heavy atom. The highest BCUT2D eigenvalue weighted by Gasteiger charge is 2.61. The molecule has 0 bridgehead atoms. The molecule has 4 N–H and O–H groups in total. The Morgan fingerprint density at radius 3 is 1.13 bits per heavy atom. The van der Waals surface area contributed by atoms with Crippen LogP contribution < -0.4 is 11.5 Å². The van der Waals surface area contributed by atoms with Crippen LogP contribution >= 0.6 is 78.3 Å². The molecular formula is C34H22Br2Cl4F6N6. The molecule has 0 saturated carbocycles. The Morgan fingerprint density at radius 1 is 0.500 bits per heavy atom. The average Bonchev–Trinajstić information content (AvgIpc) is 3.70. The van der Waals surface area contributed by atoms with E-state index in [0.717, 1.165) is 34.2 Å². The van der Waals surface area contributed by atoms with E-state index in [9.17, 15) is 26.3 Å². The lowest BCUT2D eigenvalue weighted by atomic mass is 9.82. The summed E-state index contributed by atoms with van der Waals surface area (Å²) in [6.07, 6.45) is -4.91. The Kier molecular flexibility index (Phi) is 11.6. The van der Waals surface area contributed by atoms with Crippen molar-refractivity contribution in [1.29, 1.82) is 0 Å². The molecule has 0 aliphatic carbocycles. The third kappa shape index (κ3) is 7.38. The van der Waals surface area contributed by atoms with Gasteiger partial charge in [0.25, 0.3) is 0 Å². The van der Waals surface area contributed by atoms with Gasteiger partial charge in [-0.1, -0.05) is 82.8 Å². The Hall–Kier alpha value is -3.40. The summed E-state index contributed by atoms with van der Waals surface area (Å²) in [5.41, 5.74) is 6.64. The number of halogens is 12. The first-order chi connectivity index (χ1) is 24.3. The first-order valence-corrected chi connectivity index (χ1v) is 17.6. The molecule has 2 atom stereocenters. The Labute approximate surface area is 329 Å². The predicted octanol–water partition coefficient (Wildman–Crippen LogP) is 11.8. The minimum atomic E-state index is -4.77. The van der Waals surface area contributed by atoms with Crippen molar-refractivity contribution in [1.82, 2.24) is 19.6 Å². The smallest absolute Gasteiger partial charge is 0.399 e. The number of nitrogens with zero attached hydrogens (tertiary/aromatic N) is 4. The molecule has 18 heteroatoms. The third-order valence-corrected chi connectivity index (χ3v) is 10.2. The fourth-order valence-electron chi connectivity index (χ4n) is 5.65. The van der Waals surface area contributed by atoms with Gasteiger partial charge in [0.05, 0.1) is 28.1 Å². The second kappa shape index (κ2) is 15.2. The normalized spacial score (nSPS) is 14.2. The fraction of sp³-hybridized carbons (Fsp3) is 0.118. The fourth-order valence-corrected chi connectivity index (χ4v) is 7.36. The van der Waals surface area contributed by atoms with E-state index >= 15 is 0 Å². The maximum absolute atomic E-state index is 14.7. The summed E-state index contributed by atoms with van der Waals surface area (Å²) >= 11 is 29.9. The highest BCUT2D eigenvalue weighted by Crippen LogP contribution is 2.50. The molecule has 0 saturated heterocycles. The molecule has 0 radical (unpaired) electrons. The first kappa shape index (κ1) is 39.8. The van der Waals surface area contributed by atoms with Gasteiger partial charge in [0.2, 0.25) is 11.1 Å². The van der Waals surface area contributed by atoms with Crippen molar-refractivity contribution in [2.45, 2.75) is 23.4 Å². The standard InChI is InChI=1S/C17H10Br2Cl2F3N3.C17H12Cl2F3N3/c18-13-5-10(6-14(19)15(13)25)16(17(22,23)24,27-8-12(21)7-26-27)9-1-3-11(20)4-2-9;18-13-5-1-11(2-6-13)16(17(20,21)22,25-10-14(19)9-24-25)12-3-7-15(23)8-4-12/h1-8H,25H2;1-10H,23H2. The Bertz CT molecular complexity index is 2100.